The number of fused-ring (bicyclic) bond motifs is 1. The van der Waals surface area contributed by atoms with Gasteiger partial charge in [0, 0.05) is 0 Å². The predicted octanol–water partition coefficient (Wildman–Crippen LogP) is 5.38. The van der Waals surface area contributed by atoms with Gasteiger partial charge >= 0.3 is 12.1 Å². The minimum Gasteiger partial charge on any atom is -0.395 e. The van der Waals surface area contributed by atoms with E-state index in [9.17, 15) is 9.59 Å². The maximum Gasteiger partial charge on any atom is 0.521 e. The lowest BCUT2D eigenvalue weighted by Gasteiger charge is -2.45. The van der Waals surface area contributed by atoms with Crippen molar-refractivity contribution < 1.29 is 19.1 Å². The molecule has 140 valence electrons. The van der Waals surface area contributed by atoms with Gasteiger partial charge in [0.1, 0.15) is 5.75 Å². The fourth-order valence-electron chi connectivity index (χ4n) is 4.63. The molecule has 1 aromatic rings. The van der Waals surface area contributed by atoms with E-state index in [1.807, 2.05) is 13.0 Å². The van der Waals surface area contributed by atoms with Crippen LogP contribution in [0.2, 0.25) is 0 Å². The summed E-state index contributed by atoms with van der Waals surface area (Å²) in [5.74, 6) is 1.51. The van der Waals surface area contributed by atoms with Gasteiger partial charge < -0.3 is 9.47 Å². The molecule has 0 amide bonds. The van der Waals surface area contributed by atoms with Crippen molar-refractivity contribution in [2.45, 2.75) is 46.5 Å². The standard InChI is InChI=1S/C22H28O4/c1-14-9-11-18-15(2)10-12-19(20(18)13-14)16(3)21(23)26-22(24)25-17-7-5-4-6-8-17/h4-8,13,15-16,18-20H,9-12H2,1-3H3. The first-order valence-corrected chi connectivity index (χ1v) is 9.61. The molecule has 0 saturated heterocycles. The van der Waals surface area contributed by atoms with Crippen molar-refractivity contribution in [3.05, 3.63) is 42.0 Å². The van der Waals surface area contributed by atoms with E-state index in [1.165, 1.54) is 12.0 Å². The number of hydrogen-bond donors (Lipinski definition) is 0. The predicted molar refractivity (Wildman–Crippen MR) is 99.6 cm³/mol. The van der Waals surface area contributed by atoms with Crippen molar-refractivity contribution in [1.82, 2.24) is 0 Å². The van der Waals surface area contributed by atoms with Crippen molar-refractivity contribution in [1.29, 1.82) is 0 Å². The molecule has 5 atom stereocenters. The first-order valence-electron chi connectivity index (χ1n) is 9.61. The lowest BCUT2D eigenvalue weighted by molar-refractivity contribution is -0.146. The third kappa shape index (κ3) is 4.17. The Balaban J connectivity index is 1.64. The second-order valence-corrected chi connectivity index (χ2v) is 7.89. The maximum absolute atomic E-state index is 12.5. The Bertz CT molecular complexity index is 679. The van der Waals surface area contributed by atoms with Crippen molar-refractivity contribution >= 4 is 12.1 Å². The number of carbonyl (C=O) groups is 2. The highest BCUT2D eigenvalue weighted by molar-refractivity contribution is 5.84. The molecule has 5 unspecified atom stereocenters. The SMILES string of the molecule is CC1=CC2C(CC1)C(C)CCC2C(C)C(=O)OC(=O)Oc1ccccc1. The van der Waals surface area contributed by atoms with Gasteiger partial charge in [0.15, 0.2) is 0 Å². The molecule has 0 heterocycles. The number of ether oxygens (including phenoxy) is 2. The smallest absolute Gasteiger partial charge is 0.395 e. The molecule has 0 radical (unpaired) electrons. The van der Waals surface area contributed by atoms with E-state index >= 15 is 0 Å². The molecule has 0 aliphatic heterocycles. The number of carbonyl (C=O) groups excluding carboxylic acids is 2. The van der Waals surface area contributed by atoms with E-state index in [-0.39, 0.29) is 11.8 Å². The van der Waals surface area contributed by atoms with Crippen molar-refractivity contribution in [3.8, 4) is 5.75 Å². The number of rotatable bonds is 3. The molecule has 0 spiro atoms. The van der Waals surface area contributed by atoms with E-state index in [2.05, 4.69) is 19.9 Å². The second kappa shape index (κ2) is 8.07. The minimum absolute atomic E-state index is 0.225. The Kier molecular flexibility index (Phi) is 5.80. The van der Waals surface area contributed by atoms with Crippen LogP contribution in [0, 0.1) is 29.6 Å². The summed E-state index contributed by atoms with van der Waals surface area (Å²) in [7, 11) is 0. The number of esters is 1. The Labute approximate surface area is 155 Å². The van der Waals surface area contributed by atoms with Crippen LogP contribution < -0.4 is 4.74 Å². The summed E-state index contributed by atoms with van der Waals surface area (Å²) in [5, 5.41) is 0. The van der Waals surface area contributed by atoms with Crippen LogP contribution in [0.15, 0.2) is 42.0 Å². The van der Waals surface area contributed by atoms with Gasteiger partial charge in [-0.25, -0.2) is 4.79 Å². The molecule has 26 heavy (non-hydrogen) atoms. The summed E-state index contributed by atoms with van der Waals surface area (Å²) in [6.45, 7) is 6.38. The first-order chi connectivity index (χ1) is 12.5. The topological polar surface area (TPSA) is 52.6 Å². The summed E-state index contributed by atoms with van der Waals surface area (Å²) < 4.78 is 10.1. The normalized spacial score (nSPS) is 29.1. The molecule has 2 aliphatic rings. The molecular formula is C22H28O4. The molecular weight excluding hydrogens is 328 g/mol. The molecule has 0 aromatic heterocycles. The summed E-state index contributed by atoms with van der Waals surface area (Å²) in [6, 6.07) is 8.64. The van der Waals surface area contributed by atoms with Gasteiger partial charge in [-0.3, -0.25) is 4.79 Å². The summed E-state index contributed by atoms with van der Waals surface area (Å²) in [5.41, 5.74) is 1.41. The van der Waals surface area contributed by atoms with Crippen LogP contribution in [0.5, 0.6) is 5.75 Å². The highest BCUT2D eigenvalue weighted by Gasteiger charge is 2.42. The van der Waals surface area contributed by atoms with Gasteiger partial charge in [0.2, 0.25) is 0 Å². The highest BCUT2D eigenvalue weighted by atomic mass is 16.7. The lowest BCUT2D eigenvalue weighted by Crippen LogP contribution is -2.40. The van der Waals surface area contributed by atoms with Crippen LogP contribution in [0.1, 0.15) is 46.5 Å². The Morgan fingerprint density at radius 1 is 1.12 bits per heavy atom. The molecule has 1 saturated carbocycles. The highest BCUT2D eigenvalue weighted by Crippen LogP contribution is 2.48. The van der Waals surface area contributed by atoms with Gasteiger partial charge in [-0.2, -0.15) is 0 Å². The molecule has 4 nitrogen and oxygen atoms in total. The number of para-hydroxylation sites is 1. The summed E-state index contributed by atoms with van der Waals surface area (Å²) >= 11 is 0. The Morgan fingerprint density at radius 2 is 1.85 bits per heavy atom. The first kappa shape index (κ1) is 18.7. The van der Waals surface area contributed by atoms with E-state index in [1.54, 1.807) is 24.3 Å². The van der Waals surface area contributed by atoms with Crippen LogP contribution in [0.3, 0.4) is 0 Å². The lowest BCUT2D eigenvalue weighted by atomic mass is 9.60. The summed E-state index contributed by atoms with van der Waals surface area (Å²) in [6.07, 6.45) is 5.88. The number of hydrogen-bond acceptors (Lipinski definition) is 4. The molecule has 2 aliphatic carbocycles. The van der Waals surface area contributed by atoms with Crippen LogP contribution in [0.25, 0.3) is 0 Å². The molecule has 1 fully saturated rings. The van der Waals surface area contributed by atoms with Crippen LogP contribution >= 0.6 is 0 Å². The van der Waals surface area contributed by atoms with E-state index < -0.39 is 12.1 Å². The van der Waals surface area contributed by atoms with Gasteiger partial charge in [-0.15, -0.1) is 0 Å². The zero-order valence-corrected chi connectivity index (χ0v) is 15.8. The van der Waals surface area contributed by atoms with Gasteiger partial charge in [0.25, 0.3) is 0 Å². The Hall–Kier alpha value is -2.10. The Morgan fingerprint density at radius 3 is 2.58 bits per heavy atom. The maximum atomic E-state index is 12.5. The number of benzene rings is 1. The quantitative estimate of drug-likeness (QED) is 0.316. The van der Waals surface area contributed by atoms with E-state index in [4.69, 9.17) is 9.47 Å². The van der Waals surface area contributed by atoms with Crippen LogP contribution in [-0.4, -0.2) is 12.1 Å². The van der Waals surface area contributed by atoms with Crippen molar-refractivity contribution in [2.75, 3.05) is 0 Å². The van der Waals surface area contributed by atoms with Crippen molar-refractivity contribution in [2.24, 2.45) is 29.6 Å². The molecule has 3 rings (SSSR count). The monoisotopic (exact) mass is 356 g/mol. The fraction of sp³-hybridized carbons (Fsp3) is 0.545. The largest absolute Gasteiger partial charge is 0.521 e. The fourth-order valence-corrected chi connectivity index (χ4v) is 4.63. The molecule has 1 aromatic carbocycles. The van der Waals surface area contributed by atoms with Crippen LogP contribution in [-0.2, 0) is 9.53 Å². The third-order valence-electron chi connectivity index (χ3n) is 6.17. The zero-order valence-electron chi connectivity index (χ0n) is 15.8. The van der Waals surface area contributed by atoms with E-state index in [0.717, 1.165) is 19.3 Å². The average Bonchev–Trinajstić information content (AvgIpc) is 2.62. The number of allylic oxidation sites excluding steroid dienone is 2. The molecule has 0 N–H and O–H groups in total. The minimum atomic E-state index is -0.954. The summed E-state index contributed by atoms with van der Waals surface area (Å²) in [4.78, 5) is 24.5. The third-order valence-corrected chi connectivity index (χ3v) is 6.17. The van der Waals surface area contributed by atoms with Gasteiger partial charge in [0.05, 0.1) is 5.92 Å². The van der Waals surface area contributed by atoms with Gasteiger partial charge in [-0.05, 0) is 62.0 Å². The second-order valence-electron chi connectivity index (χ2n) is 7.89. The van der Waals surface area contributed by atoms with Gasteiger partial charge in [-0.1, -0.05) is 50.1 Å². The van der Waals surface area contributed by atoms with Crippen molar-refractivity contribution in [3.63, 3.8) is 0 Å². The molecule has 4 heteroatoms. The zero-order chi connectivity index (χ0) is 18.7. The van der Waals surface area contributed by atoms with E-state index in [0.29, 0.717) is 23.5 Å². The average molecular weight is 356 g/mol. The molecule has 0 bridgehead atoms. The van der Waals surface area contributed by atoms with Crippen LogP contribution in [0.4, 0.5) is 4.79 Å².